The minimum atomic E-state index is -4.78. The van der Waals surface area contributed by atoms with Gasteiger partial charge in [0.15, 0.2) is 11.8 Å². The highest BCUT2D eigenvalue weighted by atomic mass is 35.5. The number of aromatic nitrogens is 2. The first-order chi connectivity index (χ1) is 11.7. The Morgan fingerprint density at radius 2 is 1.77 bits per heavy atom. The van der Waals surface area contributed by atoms with E-state index in [0.717, 1.165) is 0 Å². The lowest BCUT2D eigenvalue weighted by molar-refractivity contribution is -0.141. The molecule has 1 aromatic heterocycles. The van der Waals surface area contributed by atoms with E-state index in [1.54, 1.807) is 6.92 Å². The Bertz CT molecular complexity index is 658. The van der Waals surface area contributed by atoms with Crippen LogP contribution in [0.5, 0.6) is 5.88 Å². The summed E-state index contributed by atoms with van der Waals surface area (Å²) in [4.78, 5) is 19.4. The lowest BCUT2D eigenvalue weighted by Gasteiger charge is -2.38. The molecule has 3 unspecified atom stereocenters. The van der Waals surface area contributed by atoms with Crippen LogP contribution in [0.2, 0.25) is 5.02 Å². The predicted octanol–water partition coefficient (Wildman–Crippen LogP) is 3.14. The number of aryl methyl sites for hydroxylation is 1. The molecule has 3 atom stereocenters. The largest absolute Gasteiger partial charge is 0.463 e. The van der Waals surface area contributed by atoms with Crippen LogP contribution in [0.1, 0.15) is 46.1 Å². The number of carbonyl (C=O) groups excluding carboxylic acids is 1. The molecular weight excluding hydrogens is 375 g/mol. The van der Waals surface area contributed by atoms with Gasteiger partial charge < -0.3 is 15.2 Å². The number of alkyl halides is 3. The van der Waals surface area contributed by atoms with Gasteiger partial charge in [-0.1, -0.05) is 25.4 Å². The molecule has 6 nitrogen and oxygen atoms in total. The van der Waals surface area contributed by atoms with Crippen molar-refractivity contribution in [3.63, 3.8) is 0 Å². The SMILES string of the molecule is Cc1nc(OC(C)C(=O)NC(C)(C(C)C)C(C)O)c(Cl)c(C(F)(F)F)n1. The molecular formula is C16H23ClF3N3O3. The van der Waals surface area contributed by atoms with Crippen molar-refractivity contribution in [3.8, 4) is 5.88 Å². The number of aliphatic hydroxyl groups excluding tert-OH is 1. The zero-order valence-corrected chi connectivity index (χ0v) is 16.2. The van der Waals surface area contributed by atoms with Crippen molar-refractivity contribution in [2.24, 2.45) is 5.92 Å². The van der Waals surface area contributed by atoms with Crippen LogP contribution >= 0.6 is 11.6 Å². The van der Waals surface area contributed by atoms with E-state index in [0.29, 0.717) is 0 Å². The van der Waals surface area contributed by atoms with Gasteiger partial charge in [0.25, 0.3) is 5.91 Å². The van der Waals surface area contributed by atoms with E-state index in [4.69, 9.17) is 16.3 Å². The van der Waals surface area contributed by atoms with Crippen LogP contribution in [0.25, 0.3) is 0 Å². The van der Waals surface area contributed by atoms with Crippen LogP contribution in [0.4, 0.5) is 13.2 Å². The number of aliphatic hydroxyl groups is 1. The molecule has 0 saturated carbocycles. The molecule has 0 spiro atoms. The lowest BCUT2D eigenvalue weighted by Crippen LogP contribution is -2.59. The van der Waals surface area contributed by atoms with E-state index in [1.165, 1.54) is 20.8 Å². The second kappa shape index (κ2) is 7.96. The molecule has 1 heterocycles. The van der Waals surface area contributed by atoms with Crippen LogP contribution in [-0.4, -0.2) is 38.7 Å². The fourth-order valence-corrected chi connectivity index (χ4v) is 2.35. The smallest absolute Gasteiger partial charge is 0.435 e. The minimum Gasteiger partial charge on any atom is -0.463 e. The third-order valence-electron chi connectivity index (χ3n) is 4.32. The van der Waals surface area contributed by atoms with Crippen LogP contribution in [0.3, 0.4) is 0 Å². The van der Waals surface area contributed by atoms with Gasteiger partial charge in [-0.05, 0) is 33.6 Å². The molecule has 0 fully saturated rings. The molecule has 0 aliphatic carbocycles. The molecule has 0 saturated heterocycles. The Morgan fingerprint density at radius 3 is 2.19 bits per heavy atom. The molecule has 0 bridgehead atoms. The molecule has 1 amide bonds. The van der Waals surface area contributed by atoms with Crippen LogP contribution in [-0.2, 0) is 11.0 Å². The summed E-state index contributed by atoms with van der Waals surface area (Å²) in [5.41, 5.74) is -2.28. The first-order valence-corrected chi connectivity index (χ1v) is 8.36. The zero-order chi connectivity index (χ0) is 20.4. The van der Waals surface area contributed by atoms with Crippen molar-refractivity contribution in [1.29, 1.82) is 0 Å². The van der Waals surface area contributed by atoms with Crippen molar-refractivity contribution in [1.82, 2.24) is 15.3 Å². The highest BCUT2D eigenvalue weighted by Gasteiger charge is 2.39. The molecule has 26 heavy (non-hydrogen) atoms. The predicted molar refractivity (Wildman–Crippen MR) is 89.9 cm³/mol. The van der Waals surface area contributed by atoms with Gasteiger partial charge >= 0.3 is 6.18 Å². The molecule has 148 valence electrons. The normalized spacial score (nSPS) is 16.8. The van der Waals surface area contributed by atoms with Crippen LogP contribution in [0.15, 0.2) is 0 Å². The summed E-state index contributed by atoms with van der Waals surface area (Å²) < 4.78 is 44.2. The van der Waals surface area contributed by atoms with E-state index < -0.39 is 46.4 Å². The number of ether oxygens (including phenoxy) is 1. The second-order valence-corrected chi connectivity index (χ2v) is 6.98. The summed E-state index contributed by atoms with van der Waals surface area (Å²) in [7, 11) is 0. The molecule has 10 heteroatoms. The summed E-state index contributed by atoms with van der Waals surface area (Å²) in [6.07, 6.45) is -6.84. The van der Waals surface area contributed by atoms with Gasteiger partial charge in [-0.2, -0.15) is 18.2 Å². The molecule has 0 aromatic carbocycles. The Kier molecular flexibility index (Phi) is 6.86. The zero-order valence-electron chi connectivity index (χ0n) is 15.4. The second-order valence-electron chi connectivity index (χ2n) is 6.60. The van der Waals surface area contributed by atoms with E-state index in [-0.39, 0.29) is 11.7 Å². The average Bonchev–Trinajstić information content (AvgIpc) is 2.48. The maximum Gasteiger partial charge on any atom is 0.435 e. The maximum atomic E-state index is 13.0. The van der Waals surface area contributed by atoms with Gasteiger partial charge in [-0.15, -0.1) is 0 Å². The molecule has 0 aliphatic rings. The average molecular weight is 398 g/mol. The quantitative estimate of drug-likeness (QED) is 0.770. The van der Waals surface area contributed by atoms with E-state index >= 15 is 0 Å². The molecule has 1 rings (SSSR count). The number of rotatable bonds is 6. The van der Waals surface area contributed by atoms with Crippen LogP contribution in [0, 0.1) is 12.8 Å². The third kappa shape index (κ3) is 4.97. The Labute approximate surface area is 155 Å². The number of halogens is 4. The summed E-state index contributed by atoms with van der Waals surface area (Å²) in [6, 6.07) is 0. The minimum absolute atomic E-state index is 0.111. The maximum absolute atomic E-state index is 13.0. The standard InChI is InChI=1S/C16H23ClF3N3O3/c1-7(2)15(6,9(4)24)23-13(25)8(3)26-14-11(17)12(16(18,19)20)21-10(5)22-14/h7-9,24H,1-6H3,(H,23,25). The summed E-state index contributed by atoms with van der Waals surface area (Å²) in [5.74, 6) is -1.46. The molecule has 1 aromatic rings. The van der Waals surface area contributed by atoms with E-state index in [9.17, 15) is 23.1 Å². The first kappa shape index (κ1) is 22.4. The Morgan fingerprint density at radius 1 is 1.23 bits per heavy atom. The third-order valence-corrected chi connectivity index (χ3v) is 4.66. The Hall–Kier alpha value is -1.61. The number of amides is 1. The monoisotopic (exact) mass is 397 g/mol. The highest BCUT2D eigenvalue weighted by Crippen LogP contribution is 2.37. The van der Waals surface area contributed by atoms with Crippen molar-refractivity contribution in [2.45, 2.75) is 65.5 Å². The van der Waals surface area contributed by atoms with Crippen molar-refractivity contribution in [3.05, 3.63) is 16.5 Å². The fourth-order valence-electron chi connectivity index (χ4n) is 2.12. The summed E-state index contributed by atoms with van der Waals surface area (Å²) in [6.45, 7) is 9.44. The summed E-state index contributed by atoms with van der Waals surface area (Å²) in [5, 5.41) is 11.8. The number of nitrogens with zero attached hydrogens (tertiary/aromatic N) is 2. The van der Waals surface area contributed by atoms with E-state index in [1.807, 2.05) is 13.8 Å². The highest BCUT2D eigenvalue weighted by molar-refractivity contribution is 6.32. The number of carbonyl (C=O) groups is 1. The van der Waals surface area contributed by atoms with Gasteiger partial charge in [0.2, 0.25) is 5.88 Å². The molecule has 0 aliphatic heterocycles. The summed E-state index contributed by atoms with van der Waals surface area (Å²) >= 11 is 5.71. The number of nitrogens with one attached hydrogen (secondary N) is 1. The Balaban J connectivity index is 3.06. The first-order valence-electron chi connectivity index (χ1n) is 7.98. The van der Waals surface area contributed by atoms with Gasteiger partial charge in [0.05, 0.1) is 11.6 Å². The lowest BCUT2D eigenvalue weighted by atomic mass is 9.83. The topological polar surface area (TPSA) is 84.3 Å². The number of hydrogen-bond donors (Lipinski definition) is 2. The van der Waals surface area contributed by atoms with Crippen molar-refractivity contribution in [2.75, 3.05) is 0 Å². The van der Waals surface area contributed by atoms with Gasteiger partial charge in [-0.3, -0.25) is 4.79 Å². The van der Waals surface area contributed by atoms with Gasteiger partial charge in [0, 0.05) is 0 Å². The van der Waals surface area contributed by atoms with Gasteiger partial charge in [0.1, 0.15) is 10.8 Å². The molecule has 2 N–H and O–H groups in total. The van der Waals surface area contributed by atoms with E-state index in [2.05, 4.69) is 15.3 Å². The molecule has 0 radical (unpaired) electrons. The number of hydrogen-bond acceptors (Lipinski definition) is 5. The van der Waals surface area contributed by atoms with Crippen molar-refractivity contribution >= 4 is 17.5 Å². The fraction of sp³-hybridized carbons (Fsp3) is 0.688. The van der Waals surface area contributed by atoms with Crippen LogP contribution < -0.4 is 10.1 Å². The van der Waals surface area contributed by atoms with Crippen molar-refractivity contribution < 1.29 is 27.8 Å². The van der Waals surface area contributed by atoms with Gasteiger partial charge in [-0.25, -0.2) is 4.98 Å².